The van der Waals surface area contributed by atoms with Gasteiger partial charge in [-0.15, -0.1) is 0 Å². The summed E-state index contributed by atoms with van der Waals surface area (Å²) >= 11 is 0. The first-order valence-corrected chi connectivity index (χ1v) is 6.39. The molecule has 4 heteroatoms. The van der Waals surface area contributed by atoms with E-state index in [1.807, 2.05) is 13.0 Å². The van der Waals surface area contributed by atoms with Crippen LogP contribution in [-0.4, -0.2) is 38.3 Å². The molecule has 0 saturated heterocycles. The van der Waals surface area contributed by atoms with Gasteiger partial charge in [0.1, 0.15) is 13.2 Å². The topological polar surface area (TPSA) is 47.7 Å². The van der Waals surface area contributed by atoms with Crippen molar-refractivity contribution in [1.29, 1.82) is 0 Å². The largest absolute Gasteiger partial charge is 0.486 e. The molecule has 0 aliphatic carbocycles. The molecule has 0 saturated carbocycles. The minimum absolute atomic E-state index is 0.172. The SMILES string of the molecule is CC(N)CC(c1ccc2c(c1)OCCO2)N(C)C. The van der Waals surface area contributed by atoms with Crippen LogP contribution in [0.1, 0.15) is 24.9 Å². The van der Waals surface area contributed by atoms with Gasteiger partial charge in [0.25, 0.3) is 0 Å². The molecule has 1 aromatic rings. The zero-order valence-electron chi connectivity index (χ0n) is 11.3. The molecule has 1 aromatic carbocycles. The number of benzene rings is 1. The predicted octanol–water partition coefficient (Wildman–Crippen LogP) is 1.80. The number of nitrogens with zero attached hydrogens (tertiary/aromatic N) is 1. The second-order valence-electron chi connectivity index (χ2n) is 5.10. The molecule has 0 bridgehead atoms. The quantitative estimate of drug-likeness (QED) is 0.885. The van der Waals surface area contributed by atoms with Gasteiger partial charge in [-0.2, -0.15) is 0 Å². The van der Waals surface area contributed by atoms with E-state index >= 15 is 0 Å². The number of ether oxygens (including phenoxy) is 2. The first kappa shape index (κ1) is 13.2. The van der Waals surface area contributed by atoms with Crippen molar-refractivity contribution in [2.75, 3.05) is 27.3 Å². The Balaban J connectivity index is 2.24. The molecule has 1 heterocycles. The van der Waals surface area contributed by atoms with E-state index in [-0.39, 0.29) is 6.04 Å². The number of hydrogen-bond acceptors (Lipinski definition) is 4. The average molecular weight is 250 g/mol. The number of hydrogen-bond donors (Lipinski definition) is 1. The van der Waals surface area contributed by atoms with E-state index < -0.39 is 0 Å². The lowest BCUT2D eigenvalue weighted by molar-refractivity contribution is 0.170. The summed E-state index contributed by atoms with van der Waals surface area (Å²) in [6.45, 7) is 3.29. The lowest BCUT2D eigenvalue weighted by Gasteiger charge is -2.28. The number of nitrogens with two attached hydrogens (primary N) is 1. The van der Waals surface area contributed by atoms with Crippen molar-refractivity contribution in [3.05, 3.63) is 23.8 Å². The Kier molecular flexibility index (Phi) is 4.09. The molecule has 2 atom stereocenters. The standard InChI is InChI=1S/C14H22N2O2/c1-10(15)8-12(16(2)3)11-4-5-13-14(9-11)18-7-6-17-13/h4-5,9-10,12H,6-8,15H2,1-3H3. The van der Waals surface area contributed by atoms with Gasteiger partial charge in [0.05, 0.1) is 0 Å². The highest BCUT2D eigenvalue weighted by Crippen LogP contribution is 2.34. The van der Waals surface area contributed by atoms with Crippen LogP contribution in [0.25, 0.3) is 0 Å². The van der Waals surface area contributed by atoms with Crippen molar-refractivity contribution < 1.29 is 9.47 Å². The van der Waals surface area contributed by atoms with E-state index in [1.54, 1.807) is 0 Å². The van der Waals surface area contributed by atoms with Crippen LogP contribution in [0.3, 0.4) is 0 Å². The molecule has 1 aliphatic heterocycles. The third kappa shape index (κ3) is 2.94. The molecule has 1 aliphatic rings. The summed E-state index contributed by atoms with van der Waals surface area (Å²) in [5.74, 6) is 1.68. The van der Waals surface area contributed by atoms with Crippen LogP contribution in [0, 0.1) is 0 Å². The Hall–Kier alpha value is -1.26. The summed E-state index contributed by atoms with van der Waals surface area (Å²) < 4.78 is 11.2. The summed E-state index contributed by atoms with van der Waals surface area (Å²) in [5.41, 5.74) is 7.15. The molecule has 2 N–H and O–H groups in total. The molecule has 2 unspecified atom stereocenters. The molecular weight excluding hydrogens is 228 g/mol. The number of fused-ring (bicyclic) bond motifs is 1. The van der Waals surface area contributed by atoms with Crippen molar-refractivity contribution in [3.8, 4) is 11.5 Å². The predicted molar refractivity (Wildman–Crippen MR) is 72.1 cm³/mol. The van der Waals surface area contributed by atoms with E-state index in [4.69, 9.17) is 15.2 Å². The Morgan fingerprint density at radius 2 is 1.89 bits per heavy atom. The van der Waals surface area contributed by atoms with Gasteiger partial charge in [-0.1, -0.05) is 6.07 Å². The molecule has 100 valence electrons. The van der Waals surface area contributed by atoms with E-state index in [9.17, 15) is 0 Å². The van der Waals surface area contributed by atoms with Crippen LogP contribution in [0.5, 0.6) is 11.5 Å². The summed E-state index contributed by atoms with van der Waals surface area (Å²) in [6.07, 6.45) is 0.923. The van der Waals surface area contributed by atoms with Crippen molar-refractivity contribution in [2.24, 2.45) is 5.73 Å². The summed E-state index contributed by atoms with van der Waals surface area (Å²) in [4.78, 5) is 2.19. The molecular formula is C14H22N2O2. The van der Waals surface area contributed by atoms with Gasteiger partial charge in [0.15, 0.2) is 11.5 Å². The maximum atomic E-state index is 5.92. The monoisotopic (exact) mass is 250 g/mol. The fraction of sp³-hybridized carbons (Fsp3) is 0.571. The van der Waals surface area contributed by atoms with Crippen molar-refractivity contribution >= 4 is 0 Å². The normalized spacial score (nSPS) is 17.6. The van der Waals surface area contributed by atoms with Gasteiger partial charge in [0.2, 0.25) is 0 Å². The molecule has 0 aromatic heterocycles. The molecule has 0 fully saturated rings. The second kappa shape index (κ2) is 5.59. The minimum Gasteiger partial charge on any atom is -0.486 e. The van der Waals surface area contributed by atoms with Gasteiger partial charge in [-0.25, -0.2) is 0 Å². The molecule has 4 nitrogen and oxygen atoms in total. The minimum atomic E-state index is 0.172. The van der Waals surface area contributed by atoms with E-state index in [0.29, 0.717) is 19.3 Å². The Morgan fingerprint density at radius 3 is 2.50 bits per heavy atom. The Morgan fingerprint density at radius 1 is 1.22 bits per heavy atom. The highest BCUT2D eigenvalue weighted by atomic mass is 16.6. The zero-order chi connectivity index (χ0) is 13.1. The smallest absolute Gasteiger partial charge is 0.161 e. The zero-order valence-corrected chi connectivity index (χ0v) is 11.3. The maximum Gasteiger partial charge on any atom is 0.161 e. The first-order valence-electron chi connectivity index (χ1n) is 6.39. The Labute approximate surface area is 109 Å². The average Bonchev–Trinajstić information content (AvgIpc) is 2.35. The third-order valence-corrected chi connectivity index (χ3v) is 3.17. The lowest BCUT2D eigenvalue weighted by Crippen LogP contribution is -2.27. The van der Waals surface area contributed by atoms with Crippen molar-refractivity contribution in [3.63, 3.8) is 0 Å². The molecule has 18 heavy (non-hydrogen) atoms. The fourth-order valence-corrected chi connectivity index (χ4v) is 2.26. The lowest BCUT2D eigenvalue weighted by atomic mass is 9.99. The maximum absolute atomic E-state index is 5.92. The van der Waals surface area contributed by atoms with Crippen molar-refractivity contribution in [2.45, 2.75) is 25.4 Å². The van der Waals surface area contributed by atoms with Gasteiger partial charge in [-0.3, -0.25) is 0 Å². The van der Waals surface area contributed by atoms with E-state index in [1.165, 1.54) is 5.56 Å². The van der Waals surface area contributed by atoms with E-state index in [0.717, 1.165) is 17.9 Å². The van der Waals surface area contributed by atoms with Crippen LogP contribution in [-0.2, 0) is 0 Å². The van der Waals surface area contributed by atoms with Crippen LogP contribution in [0.2, 0.25) is 0 Å². The molecule has 0 radical (unpaired) electrons. The highest BCUT2D eigenvalue weighted by molar-refractivity contribution is 5.44. The number of rotatable bonds is 4. The molecule has 0 spiro atoms. The van der Waals surface area contributed by atoms with Crippen LogP contribution in [0.4, 0.5) is 0 Å². The van der Waals surface area contributed by atoms with Crippen LogP contribution >= 0.6 is 0 Å². The van der Waals surface area contributed by atoms with Crippen molar-refractivity contribution in [1.82, 2.24) is 4.90 Å². The van der Waals surface area contributed by atoms with Gasteiger partial charge < -0.3 is 20.1 Å². The van der Waals surface area contributed by atoms with Crippen LogP contribution in [0.15, 0.2) is 18.2 Å². The summed E-state index contributed by atoms with van der Waals surface area (Å²) in [6, 6.07) is 6.63. The first-order chi connectivity index (χ1) is 8.58. The third-order valence-electron chi connectivity index (χ3n) is 3.17. The molecule has 2 rings (SSSR count). The van der Waals surface area contributed by atoms with Gasteiger partial charge >= 0.3 is 0 Å². The van der Waals surface area contributed by atoms with E-state index in [2.05, 4.69) is 31.1 Å². The summed E-state index contributed by atoms with van der Waals surface area (Å²) in [7, 11) is 4.15. The fourth-order valence-electron chi connectivity index (χ4n) is 2.26. The highest BCUT2D eigenvalue weighted by Gasteiger charge is 2.19. The van der Waals surface area contributed by atoms with Crippen LogP contribution < -0.4 is 15.2 Å². The summed E-state index contributed by atoms with van der Waals surface area (Å²) in [5, 5.41) is 0. The second-order valence-corrected chi connectivity index (χ2v) is 5.10. The Bertz CT molecular complexity index is 405. The van der Waals surface area contributed by atoms with Gasteiger partial charge in [0, 0.05) is 12.1 Å². The molecule has 0 amide bonds. The van der Waals surface area contributed by atoms with Gasteiger partial charge in [-0.05, 0) is 45.1 Å².